The summed E-state index contributed by atoms with van der Waals surface area (Å²) in [5.74, 6) is 2.16. The van der Waals surface area contributed by atoms with E-state index < -0.39 is 0 Å². The molecule has 1 aliphatic rings. The number of nitrogens with zero attached hydrogens (tertiary/aromatic N) is 1. The Morgan fingerprint density at radius 2 is 1.67 bits per heavy atom. The number of nitrogens with two attached hydrogens (primary N) is 1. The number of benzene rings is 2. The number of hydrogen-bond donors (Lipinski definition) is 1. The summed E-state index contributed by atoms with van der Waals surface area (Å²) in [6.07, 6.45) is 2.67. The fourth-order valence-electron chi connectivity index (χ4n) is 4.04. The van der Waals surface area contributed by atoms with Crippen LogP contribution < -0.4 is 24.7 Å². The highest BCUT2D eigenvalue weighted by Crippen LogP contribution is 2.48. The van der Waals surface area contributed by atoms with E-state index in [9.17, 15) is 4.79 Å². The lowest BCUT2D eigenvalue weighted by Gasteiger charge is -2.28. The van der Waals surface area contributed by atoms with Crippen molar-refractivity contribution in [2.24, 2.45) is 11.7 Å². The number of ether oxygens (including phenoxy) is 5. The monoisotopic (exact) mass is 458 g/mol. The van der Waals surface area contributed by atoms with Gasteiger partial charge in [-0.15, -0.1) is 0 Å². The van der Waals surface area contributed by atoms with Crippen molar-refractivity contribution in [1.29, 1.82) is 0 Å². The van der Waals surface area contributed by atoms with E-state index in [0.29, 0.717) is 53.3 Å². The van der Waals surface area contributed by atoms with E-state index in [1.807, 2.05) is 24.3 Å². The van der Waals surface area contributed by atoms with Gasteiger partial charge in [0.2, 0.25) is 11.5 Å². The molecule has 0 saturated carbocycles. The van der Waals surface area contributed by atoms with Crippen LogP contribution >= 0.6 is 0 Å². The van der Waals surface area contributed by atoms with E-state index in [1.165, 1.54) is 21.3 Å². The van der Waals surface area contributed by atoms with Crippen LogP contribution in [0.15, 0.2) is 30.3 Å². The van der Waals surface area contributed by atoms with Crippen molar-refractivity contribution in [3.63, 3.8) is 0 Å². The molecule has 2 N–H and O–H groups in total. The average molecular weight is 459 g/mol. The predicted molar refractivity (Wildman–Crippen MR) is 126 cm³/mol. The molecule has 1 fully saturated rings. The van der Waals surface area contributed by atoms with Crippen LogP contribution in [0.2, 0.25) is 0 Å². The highest BCUT2D eigenvalue weighted by Gasteiger charge is 2.28. The lowest BCUT2D eigenvalue weighted by atomic mass is 9.99. The van der Waals surface area contributed by atoms with E-state index in [-0.39, 0.29) is 5.91 Å². The van der Waals surface area contributed by atoms with Crippen LogP contribution in [-0.4, -0.2) is 65.5 Å². The summed E-state index contributed by atoms with van der Waals surface area (Å²) < 4.78 is 28.3. The summed E-state index contributed by atoms with van der Waals surface area (Å²) >= 11 is 0. The molecule has 1 amide bonds. The fraction of sp³-hybridized carbons (Fsp3) is 0.480. The minimum absolute atomic E-state index is 0.178. The minimum Gasteiger partial charge on any atom is -0.492 e. The van der Waals surface area contributed by atoms with Crippen LogP contribution in [0.5, 0.6) is 28.7 Å². The summed E-state index contributed by atoms with van der Waals surface area (Å²) in [6, 6.07) is 9.29. The number of hydrogen-bond acceptors (Lipinski definition) is 7. The van der Waals surface area contributed by atoms with Crippen molar-refractivity contribution in [1.82, 2.24) is 4.90 Å². The highest BCUT2D eigenvalue weighted by atomic mass is 16.5. The SMILES string of the molecule is COc1c(Oc2ccc(CCN)cc2)cc(C(=O)N(C)CC2CCOCC2)c(OC)c1OC. The topological polar surface area (TPSA) is 92.5 Å². The molecule has 0 radical (unpaired) electrons. The van der Waals surface area contributed by atoms with Crippen LogP contribution in [0, 0.1) is 5.92 Å². The fourth-order valence-corrected chi connectivity index (χ4v) is 4.04. The molecular weight excluding hydrogens is 424 g/mol. The molecule has 0 spiro atoms. The Kier molecular flexibility index (Phi) is 8.79. The van der Waals surface area contributed by atoms with Gasteiger partial charge in [-0.1, -0.05) is 12.1 Å². The van der Waals surface area contributed by atoms with Gasteiger partial charge in [0, 0.05) is 32.9 Å². The molecule has 1 saturated heterocycles. The van der Waals surface area contributed by atoms with E-state index >= 15 is 0 Å². The van der Waals surface area contributed by atoms with E-state index in [4.69, 9.17) is 29.4 Å². The zero-order valence-corrected chi connectivity index (χ0v) is 19.9. The Labute approximate surface area is 195 Å². The Bertz CT molecular complexity index is 925. The van der Waals surface area contributed by atoms with Gasteiger partial charge in [0.05, 0.1) is 26.9 Å². The first-order chi connectivity index (χ1) is 16.0. The van der Waals surface area contributed by atoms with Gasteiger partial charge in [0.1, 0.15) is 5.75 Å². The molecule has 1 heterocycles. The molecule has 0 atom stereocenters. The largest absolute Gasteiger partial charge is 0.492 e. The smallest absolute Gasteiger partial charge is 0.257 e. The Balaban J connectivity index is 1.94. The molecule has 3 rings (SSSR count). The normalized spacial score (nSPS) is 14.0. The average Bonchev–Trinajstić information content (AvgIpc) is 2.84. The van der Waals surface area contributed by atoms with E-state index in [0.717, 1.165) is 38.0 Å². The maximum Gasteiger partial charge on any atom is 0.257 e. The van der Waals surface area contributed by atoms with Crippen molar-refractivity contribution in [3.05, 3.63) is 41.5 Å². The minimum atomic E-state index is -0.178. The molecule has 0 aromatic heterocycles. The van der Waals surface area contributed by atoms with Crippen molar-refractivity contribution in [2.75, 3.05) is 54.7 Å². The summed E-state index contributed by atoms with van der Waals surface area (Å²) in [4.78, 5) is 15.2. The molecule has 33 heavy (non-hydrogen) atoms. The van der Waals surface area contributed by atoms with Crippen molar-refractivity contribution >= 4 is 5.91 Å². The van der Waals surface area contributed by atoms with Gasteiger partial charge in [-0.05, 0) is 49.4 Å². The summed E-state index contributed by atoms with van der Waals surface area (Å²) in [7, 11) is 6.33. The third-order valence-corrected chi connectivity index (χ3v) is 5.80. The summed E-state index contributed by atoms with van der Waals surface area (Å²) in [5, 5.41) is 0. The van der Waals surface area contributed by atoms with Crippen LogP contribution in [0.25, 0.3) is 0 Å². The van der Waals surface area contributed by atoms with Gasteiger partial charge in [-0.2, -0.15) is 0 Å². The van der Waals surface area contributed by atoms with Gasteiger partial charge < -0.3 is 34.3 Å². The Morgan fingerprint density at radius 3 is 2.24 bits per heavy atom. The number of rotatable bonds is 10. The van der Waals surface area contributed by atoms with E-state index in [1.54, 1.807) is 18.0 Å². The number of carbonyl (C=O) groups excluding carboxylic acids is 1. The second kappa shape index (κ2) is 11.8. The number of methoxy groups -OCH3 is 3. The van der Waals surface area contributed by atoms with E-state index in [2.05, 4.69) is 0 Å². The number of amides is 1. The second-order valence-corrected chi connectivity index (χ2v) is 8.05. The summed E-state index contributed by atoms with van der Waals surface area (Å²) in [5.41, 5.74) is 7.10. The third-order valence-electron chi connectivity index (χ3n) is 5.80. The zero-order chi connectivity index (χ0) is 23.8. The van der Waals surface area contributed by atoms with Crippen LogP contribution in [0.1, 0.15) is 28.8 Å². The number of carbonyl (C=O) groups is 1. The Hall–Kier alpha value is -2.97. The quantitative estimate of drug-likeness (QED) is 0.582. The van der Waals surface area contributed by atoms with Crippen LogP contribution in [0.4, 0.5) is 0 Å². The van der Waals surface area contributed by atoms with Gasteiger partial charge in [-0.25, -0.2) is 0 Å². The zero-order valence-electron chi connectivity index (χ0n) is 19.9. The first-order valence-electron chi connectivity index (χ1n) is 11.1. The molecule has 8 nitrogen and oxygen atoms in total. The summed E-state index contributed by atoms with van der Waals surface area (Å²) in [6.45, 7) is 2.68. The van der Waals surface area contributed by atoms with Crippen LogP contribution in [0.3, 0.4) is 0 Å². The van der Waals surface area contributed by atoms with Gasteiger partial charge in [0.25, 0.3) is 5.91 Å². The lowest BCUT2D eigenvalue weighted by molar-refractivity contribution is 0.0495. The maximum atomic E-state index is 13.4. The predicted octanol–water partition coefficient (Wildman–Crippen LogP) is 3.50. The van der Waals surface area contributed by atoms with Gasteiger partial charge in [-0.3, -0.25) is 4.79 Å². The molecule has 8 heteroatoms. The second-order valence-electron chi connectivity index (χ2n) is 8.05. The maximum absolute atomic E-state index is 13.4. The van der Waals surface area contributed by atoms with Crippen LogP contribution in [-0.2, 0) is 11.2 Å². The molecule has 2 aromatic carbocycles. The van der Waals surface area contributed by atoms with Gasteiger partial charge in [0.15, 0.2) is 11.5 Å². The van der Waals surface area contributed by atoms with Crippen molar-refractivity contribution in [3.8, 4) is 28.7 Å². The standard InChI is InChI=1S/C25H34N2O6/c1-27(16-18-10-13-32-14-11-18)25(28)20-15-21(23(30-3)24(31-4)22(20)29-2)33-19-7-5-17(6-8-19)9-12-26/h5-8,15,18H,9-14,16,26H2,1-4H3. The molecular formula is C25H34N2O6. The molecule has 0 aliphatic carbocycles. The first kappa shape index (κ1) is 24.7. The lowest BCUT2D eigenvalue weighted by Crippen LogP contribution is -2.34. The Morgan fingerprint density at radius 1 is 1.03 bits per heavy atom. The first-order valence-corrected chi connectivity index (χ1v) is 11.1. The molecule has 1 aliphatic heterocycles. The van der Waals surface area contributed by atoms with Crippen molar-refractivity contribution < 1.29 is 28.5 Å². The van der Waals surface area contributed by atoms with Gasteiger partial charge >= 0.3 is 0 Å². The molecule has 0 unspecified atom stereocenters. The third kappa shape index (κ3) is 5.89. The highest BCUT2D eigenvalue weighted by molar-refractivity contribution is 5.99. The van der Waals surface area contributed by atoms with Crippen molar-refractivity contribution in [2.45, 2.75) is 19.3 Å². The molecule has 2 aromatic rings. The molecule has 180 valence electrons. The molecule has 0 bridgehead atoms.